The zero-order chi connectivity index (χ0) is 15.5. The zero-order valence-corrected chi connectivity index (χ0v) is 13.7. The number of aromatic nitrogens is 2. The van der Waals surface area contributed by atoms with Crippen LogP contribution in [0, 0.1) is 5.92 Å². The first kappa shape index (κ1) is 16.5. The lowest BCUT2D eigenvalue weighted by Gasteiger charge is -2.46. The molecule has 1 heterocycles. The molecule has 1 fully saturated rings. The number of hydrogen-bond donors (Lipinski definition) is 2. The molecule has 0 amide bonds. The van der Waals surface area contributed by atoms with Gasteiger partial charge in [-0.1, -0.05) is 26.7 Å². The maximum atomic E-state index is 13.0. The van der Waals surface area contributed by atoms with Crippen LogP contribution in [-0.2, 0) is 10.0 Å². The fourth-order valence-electron chi connectivity index (χ4n) is 3.47. The minimum absolute atomic E-state index is 0.155. The van der Waals surface area contributed by atoms with Gasteiger partial charge in [0.05, 0.1) is 6.20 Å². The first-order valence-corrected chi connectivity index (χ1v) is 9.12. The largest absolute Gasteiger partial charge is 0.329 e. The van der Waals surface area contributed by atoms with Gasteiger partial charge in [-0.15, -0.1) is 0 Å². The summed E-state index contributed by atoms with van der Waals surface area (Å²) >= 11 is 0. The van der Waals surface area contributed by atoms with Gasteiger partial charge in [0.25, 0.3) is 10.0 Å². The van der Waals surface area contributed by atoms with Crippen molar-refractivity contribution in [2.24, 2.45) is 11.7 Å². The van der Waals surface area contributed by atoms with E-state index in [0.717, 1.165) is 32.1 Å². The Balaban J connectivity index is 2.41. The van der Waals surface area contributed by atoms with Gasteiger partial charge in [0, 0.05) is 18.6 Å². The lowest BCUT2D eigenvalue weighted by atomic mass is 9.76. The van der Waals surface area contributed by atoms with Crippen LogP contribution in [0.1, 0.15) is 46.0 Å². The van der Waals surface area contributed by atoms with Gasteiger partial charge in [-0.3, -0.25) is 5.10 Å². The normalized spacial score (nSPS) is 27.1. The van der Waals surface area contributed by atoms with Gasteiger partial charge in [-0.2, -0.15) is 9.40 Å². The fraction of sp³-hybridized carbons (Fsp3) is 0.786. The van der Waals surface area contributed by atoms with Gasteiger partial charge in [-0.25, -0.2) is 8.42 Å². The highest BCUT2D eigenvalue weighted by atomic mass is 32.2. The Morgan fingerprint density at radius 1 is 1.57 bits per heavy atom. The minimum Gasteiger partial charge on any atom is -0.329 e. The molecule has 2 unspecified atom stereocenters. The second kappa shape index (κ2) is 6.46. The summed E-state index contributed by atoms with van der Waals surface area (Å²) in [5.74, 6) is 0.499. The van der Waals surface area contributed by atoms with Crippen LogP contribution in [0.5, 0.6) is 0 Å². The lowest BCUT2D eigenvalue weighted by molar-refractivity contribution is 0.108. The first-order valence-electron chi connectivity index (χ1n) is 7.68. The summed E-state index contributed by atoms with van der Waals surface area (Å²) in [6, 6.07) is 1.51. The Kier molecular flexibility index (Phi) is 5.06. The summed E-state index contributed by atoms with van der Waals surface area (Å²) in [5.41, 5.74) is 5.59. The fourth-order valence-corrected chi connectivity index (χ4v) is 5.28. The van der Waals surface area contributed by atoms with Gasteiger partial charge in [-0.05, 0) is 31.2 Å². The predicted octanol–water partition coefficient (Wildman–Crippen LogP) is 1.72. The van der Waals surface area contributed by atoms with Crippen LogP contribution in [0.15, 0.2) is 17.3 Å². The number of H-pyrrole nitrogens is 1. The molecule has 7 heteroatoms. The van der Waals surface area contributed by atoms with Crippen molar-refractivity contribution < 1.29 is 8.42 Å². The number of nitrogens with zero attached hydrogens (tertiary/aromatic N) is 2. The van der Waals surface area contributed by atoms with Crippen molar-refractivity contribution in [3.05, 3.63) is 12.3 Å². The maximum absolute atomic E-state index is 13.0. The van der Waals surface area contributed by atoms with E-state index in [0.29, 0.717) is 19.0 Å². The number of rotatable bonds is 6. The van der Waals surface area contributed by atoms with E-state index in [1.165, 1.54) is 12.3 Å². The topological polar surface area (TPSA) is 92.1 Å². The van der Waals surface area contributed by atoms with Crippen molar-refractivity contribution >= 4 is 10.0 Å². The van der Waals surface area contributed by atoms with Gasteiger partial charge < -0.3 is 5.73 Å². The number of aromatic amines is 1. The van der Waals surface area contributed by atoms with Gasteiger partial charge >= 0.3 is 0 Å². The molecule has 120 valence electrons. The molecular weight excluding hydrogens is 288 g/mol. The van der Waals surface area contributed by atoms with Crippen LogP contribution in [0.3, 0.4) is 0 Å². The predicted molar refractivity (Wildman–Crippen MR) is 82.2 cm³/mol. The highest BCUT2D eigenvalue weighted by molar-refractivity contribution is 7.89. The Morgan fingerprint density at radius 2 is 2.33 bits per heavy atom. The van der Waals surface area contributed by atoms with Crippen LogP contribution in [-0.4, -0.2) is 41.5 Å². The smallest absolute Gasteiger partial charge is 0.260 e. The summed E-state index contributed by atoms with van der Waals surface area (Å²) in [7, 11) is -3.58. The van der Waals surface area contributed by atoms with Gasteiger partial charge in [0.1, 0.15) is 0 Å². The van der Waals surface area contributed by atoms with E-state index < -0.39 is 15.6 Å². The quantitative estimate of drug-likeness (QED) is 0.836. The molecule has 0 radical (unpaired) electrons. The standard InChI is InChI=1S/C14H26N4O2S/c1-3-9-18(21(19,20)13-6-8-16-17-13)14(11-15)7-4-5-12(2)10-14/h6,8,12H,3-5,7,9-11,15H2,1-2H3,(H,16,17). The van der Waals surface area contributed by atoms with Crippen LogP contribution < -0.4 is 5.73 Å². The molecule has 1 aliphatic carbocycles. The van der Waals surface area contributed by atoms with Crippen LogP contribution in [0.25, 0.3) is 0 Å². The molecule has 0 bridgehead atoms. The van der Waals surface area contributed by atoms with Crippen molar-refractivity contribution in [3.63, 3.8) is 0 Å². The van der Waals surface area contributed by atoms with E-state index in [4.69, 9.17) is 5.73 Å². The van der Waals surface area contributed by atoms with Crippen molar-refractivity contribution in [2.45, 2.75) is 56.5 Å². The average Bonchev–Trinajstić information content (AvgIpc) is 2.99. The molecule has 2 atom stereocenters. The Hall–Kier alpha value is -0.920. The Labute approximate surface area is 127 Å². The molecule has 1 aliphatic rings. The number of nitrogens with two attached hydrogens (primary N) is 1. The Morgan fingerprint density at radius 3 is 2.86 bits per heavy atom. The zero-order valence-electron chi connectivity index (χ0n) is 12.9. The molecule has 0 aromatic carbocycles. The van der Waals surface area contributed by atoms with Crippen LogP contribution in [0.4, 0.5) is 0 Å². The van der Waals surface area contributed by atoms with Crippen LogP contribution in [0.2, 0.25) is 0 Å². The van der Waals surface area contributed by atoms with Crippen molar-refractivity contribution in [2.75, 3.05) is 13.1 Å². The molecule has 0 spiro atoms. The summed E-state index contributed by atoms with van der Waals surface area (Å²) in [4.78, 5) is 0. The number of hydrogen-bond acceptors (Lipinski definition) is 4. The highest BCUT2D eigenvalue weighted by Gasteiger charge is 2.45. The summed E-state index contributed by atoms with van der Waals surface area (Å²) in [6.45, 7) is 5.03. The molecule has 6 nitrogen and oxygen atoms in total. The summed E-state index contributed by atoms with van der Waals surface area (Å²) < 4.78 is 27.5. The molecular formula is C14H26N4O2S. The highest BCUT2D eigenvalue weighted by Crippen LogP contribution is 2.39. The summed E-state index contributed by atoms with van der Waals surface area (Å²) in [5, 5.41) is 6.52. The van der Waals surface area contributed by atoms with E-state index >= 15 is 0 Å². The molecule has 1 aromatic heterocycles. The molecule has 3 N–H and O–H groups in total. The van der Waals surface area contributed by atoms with E-state index in [1.54, 1.807) is 4.31 Å². The van der Waals surface area contributed by atoms with E-state index in [9.17, 15) is 8.42 Å². The molecule has 2 rings (SSSR count). The lowest BCUT2D eigenvalue weighted by Crippen LogP contribution is -2.58. The second-order valence-electron chi connectivity index (χ2n) is 6.13. The second-order valence-corrected chi connectivity index (χ2v) is 7.96. The maximum Gasteiger partial charge on any atom is 0.260 e. The third-order valence-corrected chi connectivity index (χ3v) is 6.38. The first-order chi connectivity index (χ1) is 9.96. The van der Waals surface area contributed by atoms with E-state index in [1.807, 2.05) is 6.92 Å². The summed E-state index contributed by atoms with van der Waals surface area (Å²) in [6.07, 6.45) is 6.07. The molecule has 21 heavy (non-hydrogen) atoms. The molecule has 0 aliphatic heterocycles. The minimum atomic E-state index is -3.58. The Bertz CT molecular complexity index is 543. The van der Waals surface area contributed by atoms with Crippen LogP contribution >= 0.6 is 0 Å². The average molecular weight is 314 g/mol. The van der Waals surface area contributed by atoms with Gasteiger partial charge in [0.15, 0.2) is 5.03 Å². The van der Waals surface area contributed by atoms with Crippen molar-refractivity contribution in [1.29, 1.82) is 0 Å². The monoisotopic (exact) mass is 314 g/mol. The van der Waals surface area contributed by atoms with E-state index in [-0.39, 0.29) is 5.03 Å². The third kappa shape index (κ3) is 3.14. The number of sulfonamides is 1. The third-order valence-electron chi connectivity index (χ3n) is 4.45. The number of nitrogens with one attached hydrogen (secondary N) is 1. The van der Waals surface area contributed by atoms with E-state index in [2.05, 4.69) is 17.1 Å². The molecule has 0 saturated heterocycles. The molecule has 1 saturated carbocycles. The van der Waals surface area contributed by atoms with Crippen molar-refractivity contribution in [3.8, 4) is 0 Å². The van der Waals surface area contributed by atoms with Gasteiger partial charge in [0.2, 0.25) is 0 Å². The van der Waals surface area contributed by atoms with Crippen molar-refractivity contribution in [1.82, 2.24) is 14.5 Å². The molecule has 1 aromatic rings. The SMILES string of the molecule is CCCN(C1(CN)CCCC(C)C1)S(=O)(=O)c1ccn[nH]1.